The lowest BCUT2D eigenvalue weighted by Gasteiger charge is -2.36. The van der Waals surface area contributed by atoms with Crippen molar-refractivity contribution in [3.63, 3.8) is 0 Å². The highest BCUT2D eigenvalue weighted by Gasteiger charge is 2.26. The fourth-order valence-electron chi connectivity index (χ4n) is 3.49. The molecule has 1 aromatic heterocycles. The Hall–Kier alpha value is -2.47. The molecule has 0 bridgehead atoms. The molecule has 3 rings (SSSR count). The van der Waals surface area contributed by atoms with E-state index in [0.717, 1.165) is 19.4 Å². The number of carbonyl (C=O) groups excluding carboxylic acids is 2. The van der Waals surface area contributed by atoms with Crippen LogP contribution in [-0.2, 0) is 6.54 Å². The molecular weight excluding hydrogens is 328 g/mol. The van der Waals surface area contributed by atoms with Gasteiger partial charge in [-0.2, -0.15) is 9.78 Å². The summed E-state index contributed by atoms with van der Waals surface area (Å²) in [5.41, 5.74) is 2.92. The van der Waals surface area contributed by atoms with Crippen LogP contribution in [0.4, 0.5) is 4.79 Å². The maximum absolute atomic E-state index is 12.5. The van der Waals surface area contributed by atoms with Crippen molar-refractivity contribution >= 4 is 11.8 Å². The molecule has 0 N–H and O–H groups in total. The average Bonchev–Trinajstić information content (AvgIpc) is 3.12. The zero-order chi connectivity index (χ0) is 18.7. The van der Waals surface area contributed by atoms with Gasteiger partial charge in [0.2, 0.25) is 0 Å². The first-order chi connectivity index (χ1) is 12.4. The molecule has 0 unspecified atom stereocenters. The molecule has 138 valence electrons. The molecule has 0 aliphatic carbocycles. The van der Waals surface area contributed by atoms with Crippen LogP contribution < -0.4 is 0 Å². The van der Waals surface area contributed by atoms with Crippen molar-refractivity contribution in [3.05, 3.63) is 53.3 Å². The first kappa shape index (κ1) is 18.3. The van der Waals surface area contributed by atoms with E-state index >= 15 is 0 Å². The lowest BCUT2D eigenvalue weighted by Crippen LogP contribution is -2.46. The van der Waals surface area contributed by atoms with Crippen LogP contribution in [0.25, 0.3) is 0 Å². The number of piperidine rings is 1. The number of nitrogens with zero attached hydrogens (tertiary/aromatic N) is 4. The number of hydrogen-bond donors (Lipinski definition) is 0. The number of likely N-dealkylation sites (tertiary alicyclic amines) is 1. The van der Waals surface area contributed by atoms with E-state index in [4.69, 9.17) is 0 Å². The molecule has 0 atom stereocenters. The minimum Gasteiger partial charge on any atom is -0.323 e. The number of hydrogen-bond acceptors (Lipinski definition) is 4. The molecular formula is C20H26N4O2. The summed E-state index contributed by atoms with van der Waals surface area (Å²) < 4.78 is 1.27. The third-order valence-electron chi connectivity index (χ3n) is 5.02. The second-order valence-corrected chi connectivity index (χ2v) is 7.11. The summed E-state index contributed by atoms with van der Waals surface area (Å²) in [4.78, 5) is 28.1. The Kier molecular flexibility index (Phi) is 5.52. The van der Waals surface area contributed by atoms with Gasteiger partial charge in [0.1, 0.15) is 5.69 Å². The third kappa shape index (κ3) is 4.19. The Bertz CT molecular complexity index is 791. The zero-order valence-corrected chi connectivity index (χ0v) is 15.7. The highest BCUT2D eigenvalue weighted by Crippen LogP contribution is 2.18. The molecule has 0 saturated carbocycles. The van der Waals surface area contributed by atoms with Gasteiger partial charge < -0.3 is 4.90 Å². The maximum atomic E-state index is 12.5. The van der Waals surface area contributed by atoms with E-state index in [1.54, 1.807) is 12.3 Å². The van der Waals surface area contributed by atoms with Gasteiger partial charge in [-0.25, -0.2) is 4.79 Å². The van der Waals surface area contributed by atoms with Gasteiger partial charge in [-0.1, -0.05) is 29.8 Å². The summed E-state index contributed by atoms with van der Waals surface area (Å²) in [6.45, 7) is 5.89. The molecule has 1 amide bonds. The van der Waals surface area contributed by atoms with Crippen LogP contribution in [0.1, 0.15) is 41.4 Å². The number of amides is 1. The Morgan fingerprint density at radius 2 is 1.96 bits per heavy atom. The van der Waals surface area contributed by atoms with Crippen LogP contribution in [0.5, 0.6) is 0 Å². The van der Waals surface area contributed by atoms with Gasteiger partial charge >= 0.3 is 6.03 Å². The van der Waals surface area contributed by atoms with Crippen molar-refractivity contribution in [2.45, 2.75) is 39.3 Å². The molecule has 1 saturated heterocycles. The van der Waals surface area contributed by atoms with Gasteiger partial charge in [0.05, 0.1) is 0 Å². The molecule has 6 heteroatoms. The number of ketones is 1. The topological polar surface area (TPSA) is 58.4 Å². The van der Waals surface area contributed by atoms with Crippen LogP contribution in [0.3, 0.4) is 0 Å². The largest absolute Gasteiger partial charge is 0.344 e. The van der Waals surface area contributed by atoms with E-state index in [2.05, 4.69) is 48.2 Å². The molecule has 0 spiro atoms. The quantitative estimate of drug-likeness (QED) is 0.792. The monoisotopic (exact) mass is 354 g/mol. The Morgan fingerprint density at radius 3 is 2.58 bits per heavy atom. The van der Waals surface area contributed by atoms with Crippen LogP contribution in [0.15, 0.2) is 36.5 Å². The summed E-state index contributed by atoms with van der Waals surface area (Å²) in [7, 11) is 2.15. The average molecular weight is 354 g/mol. The summed E-state index contributed by atoms with van der Waals surface area (Å²) in [6, 6.07) is 10.5. The summed E-state index contributed by atoms with van der Waals surface area (Å²) in [5, 5.41) is 4.07. The standard InChI is InChI=1S/C20H26N4O2/c1-15-5-4-6-17(13-15)14-22(3)18-7-10-23(11-8-18)20(26)24-12-9-19(21-24)16(2)25/h4-6,9,12-13,18H,7-8,10-11,14H2,1-3H3. The number of aryl methyl sites for hydroxylation is 1. The molecule has 0 radical (unpaired) electrons. The van der Waals surface area contributed by atoms with Crippen LogP contribution in [0.2, 0.25) is 0 Å². The molecule has 2 aromatic rings. The number of rotatable bonds is 4. The van der Waals surface area contributed by atoms with E-state index in [-0.39, 0.29) is 11.8 Å². The molecule has 2 heterocycles. The maximum Gasteiger partial charge on any atom is 0.344 e. The van der Waals surface area contributed by atoms with Gasteiger partial charge in [-0.3, -0.25) is 9.69 Å². The molecule has 26 heavy (non-hydrogen) atoms. The minimum absolute atomic E-state index is 0.131. The van der Waals surface area contributed by atoms with Gasteiger partial charge in [0, 0.05) is 38.8 Å². The van der Waals surface area contributed by atoms with Crippen LogP contribution in [0, 0.1) is 6.92 Å². The van der Waals surface area contributed by atoms with Gasteiger partial charge in [-0.15, -0.1) is 0 Å². The Balaban J connectivity index is 1.54. The normalized spacial score (nSPS) is 15.5. The Labute approximate surface area is 154 Å². The van der Waals surface area contributed by atoms with Crippen molar-refractivity contribution in [3.8, 4) is 0 Å². The first-order valence-electron chi connectivity index (χ1n) is 9.05. The van der Waals surface area contributed by atoms with E-state index < -0.39 is 0 Å². The molecule has 6 nitrogen and oxygen atoms in total. The lowest BCUT2D eigenvalue weighted by molar-refractivity contribution is 0.101. The molecule has 1 aliphatic rings. The fourth-order valence-corrected chi connectivity index (χ4v) is 3.49. The van der Waals surface area contributed by atoms with Gasteiger partial charge in [0.25, 0.3) is 0 Å². The van der Waals surface area contributed by atoms with Gasteiger partial charge in [-0.05, 0) is 38.4 Å². The van der Waals surface area contributed by atoms with E-state index in [1.165, 1.54) is 22.7 Å². The second-order valence-electron chi connectivity index (χ2n) is 7.11. The summed E-state index contributed by atoms with van der Waals surface area (Å²) in [5.74, 6) is -0.131. The van der Waals surface area contributed by atoms with E-state index in [9.17, 15) is 9.59 Å². The molecule has 1 aliphatic heterocycles. The number of aromatic nitrogens is 2. The predicted molar refractivity (Wildman–Crippen MR) is 100 cm³/mol. The van der Waals surface area contributed by atoms with Crippen molar-refractivity contribution in [1.82, 2.24) is 19.6 Å². The van der Waals surface area contributed by atoms with E-state index in [1.807, 2.05) is 4.90 Å². The first-order valence-corrected chi connectivity index (χ1v) is 9.05. The minimum atomic E-state index is -0.155. The molecule has 1 aromatic carbocycles. The van der Waals surface area contributed by atoms with Crippen LogP contribution in [-0.4, -0.2) is 57.6 Å². The molecule has 1 fully saturated rings. The lowest BCUT2D eigenvalue weighted by atomic mass is 10.0. The Morgan fingerprint density at radius 1 is 1.23 bits per heavy atom. The number of benzene rings is 1. The zero-order valence-electron chi connectivity index (χ0n) is 15.7. The van der Waals surface area contributed by atoms with Gasteiger partial charge in [0.15, 0.2) is 5.78 Å². The highest BCUT2D eigenvalue weighted by atomic mass is 16.2. The van der Waals surface area contributed by atoms with Crippen molar-refractivity contribution in [2.75, 3.05) is 20.1 Å². The number of carbonyl (C=O) groups is 2. The van der Waals surface area contributed by atoms with Crippen molar-refractivity contribution in [2.24, 2.45) is 0 Å². The summed E-state index contributed by atoms with van der Waals surface area (Å²) in [6.07, 6.45) is 3.44. The second kappa shape index (κ2) is 7.83. The third-order valence-corrected chi connectivity index (χ3v) is 5.02. The van der Waals surface area contributed by atoms with Crippen molar-refractivity contribution < 1.29 is 9.59 Å². The van der Waals surface area contributed by atoms with Crippen LogP contribution >= 0.6 is 0 Å². The predicted octanol–water partition coefficient (Wildman–Crippen LogP) is 2.96. The summed E-state index contributed by atoms with van der Waals surface area (Å²) >= 11 is 0. The van der Waals surface area contributed by atoms with E-state index in [0.29, 0.717) is 24.8 Å². The smallest absolute Gasteiger partial charge is 0.323 e. The SMILES string of the molecule is CC(=O)c1ccn(C(=O)N2CCC(N(C)Cc3cccc(C)c3)CC2)n1. The fraction of sp³-hybridized carbons (Fsp3) is 0.450. The number of Topliss-reactive ketones (excluding diaryl/α,β-unsaturated/α-hetero) is 1. The highest BCUT2D eigenvalue weighted by molar-refractivity contribution is 5.92. The van der Waals surface area contributed by atoms with Crippen molar-refractivity contribution in [1.29, 1.82) is 0 Å².